The van der Waals surface area contributed by atoms with Gasteiger partial charge >= 0.3 is 5.97 Å². The molecule has 0 aliphatic carbocycles. The molecule has 4 nitrogen and oxygen atoms in total. The maximum Gasteiger partial charge on any atom is 0.335 e. The van der Waals surface area contributed by atoms with Crippen LogP contribution in [0, 0.1) is 6.92 Å². The Labute approximate surface area is 138 Å². The molecule has 0 bridgehead atoms. The highest BCUT2D eigenvalue weighted by molar-refractivity contribution is 9.11. The fraction of sp³-hybridized carbons (Fsp3) is 0.0667. The molecule has 0 spiro atoms. The van der Waals surface area contributed by atoms with Gasteiger partial charge in [0, 0.05) is 8.95 Å². The number of carboxylic acids is 1. The number of aryl methyl sites for hydroxylation is 1. The van der Waals surface area contributed by atoms with E-state index in [1.165, 1.54) is 12.1 Å². The summed E-state index contributed by atoms with van der Waals surface area (Å²) >= 11 is 6.65. The summed E-state index contributed by atoms with van der Waals surface area (Å²) in [6.45, 7) is 1.90. The van der Waals surface area contributed by atoms with E-state index in [0.717, 1.165) is 10.0 Å². The molecule has 0 saturated heterocycles. The van der Waals surface area contributed by atoms with Gasteiger partial charge in [0.2, 0.25) is 0 Å². The Hall–Kier alpha value is -1.66. The van der Waals surface area contributed by atoms with Crippen LogP contribution in [0.1, 0.15) is 26.3 Å². The second-order valence-electron chi connectivity index (χ2n) is 4.39. The predicted molar refractivity (Wildman–Crippen MR) is 87.9 cm³/mol. The molecule has 0 unspecified atom stereocenters. The Morgan fingerprint density at radius 1 is 1.14 bits per heavy atom. The number of anilines is 1. The number of benzene rings is 2. The highest BCUT2D eigenvalue weighted by atomic mass is 79.9. The van der Waals surface area contributed by atoms with E-state index in [0.29, 0.717) is 15.7 Å². The number of aromatic carboxylic acids is 1. The number of carboxylic acid groups (broad SMARTS) is 1. The minimum absolute atomic E-state index is 0.150. The third-order valence-corrected chi connectivity index (χ3v) is 4.61. The first-order chi connectivity index (χ1) is 9.90. The van der Waals surface area contributed by atoms with Gasteiger partial charge in [-0.25, -0.2) is 4.79 Å². The molecular formula is C15H11Br2NO3. The van der Waals surface area contributed by atoms with Crippen molar-refractivity contribution in [2.45, 2.75) is 6.92 Å². The number of hydrogen-bond acceptors (Lipinski definition) is 2. The number of hydrogen-bond donors (Lipinski definition) is 2. The van der Waals surface area contributed by atoms with E-state index in [4.69, 9.17) is 5.11 Å². The van der Waals surface area contributed by atoms with E-state index in [2.05, 4.69) is 37.2 Å². The smallest absolute Gasteiger partial charge is 0.335 e. The Kier molecular flexibility index (Phi) is 4.80. The van der Waals surface area contributed by atoms with Crippen molar-refractivity contribution in [1.29, 1.82) is 0 Å². The summed E-state index contributed by atoms with van der Waals surface area (Å²) in [5, 5.41) is 11.7. The van der Waals surface area contributed by atoms with Gasteiger partial charge in [0.05, 0.1) is 16.8 Å². The van der Waals surface area contributed by atoms with Gasteiger partial charge in [-0.15, -0.1) is 0 Å². The van der Waals surface area contributed by atoms with E-state index < -0.39 is 5.97 Å². The van der Waals surface area contributed by atoms with Crippen LogP contribution in [0.3, 0.4) is 0 Å². The van der Waals surface area contributed by atoms with Crippen LogP contribution < -0.4 is 5.32 Å². The maximum absolute atomic E-state index is 12.3. The Morgan fingerprint density at radius 2 is 1.86 bits per heavy atom. The first kappa shape index (κ1) is 15.7. The molecule has 0 aromatic heterocycles. The lowest BCUT2D eigenvalue weighted by atomic mass is 10.1. The minimum Gasteiger partial charge on any atom is -0.478 e. The van der Waals surface area contributed by atoms with Crippen molar-refractivity contribution in [3.63, 3.8) is 0 Å². The summed E-state index contributed by atoms with van der Waals surface area (Å²) in [7, 11) is 0. The lowest BCUT2D eigenvalue weighted by molar-refractivity contribution is 0.0696. The Balaban J connectivity index is 2.28. The van der Waals surface area contributed by atoms with Crippen LogP contribution in [0.15, 0.2) is 45.3 Å². The summed E-state index contributed by atoms with van der Waals surface area (Å²) in [4.78, 5) is 23.2. The standard InChI is InChI=1S/C15H11Br2NO3/c1-8-3-2-4-10(13(8)17)14(19)18-12-6-5-9(15(20)21)7-11(12)16/h2-7H,1H3,(H,18,19)(H,20,21). The molecule has 21 heavy (non-hydrogen) atoms. The molecule has 108 valence electrons. The maximum atomic E-state index is 12.3. The number of carbonyl (C=O) groups is 2. The number of amides is 1. The molecule has 0 radical (unpaired) electrons. The van der Waals surface area contributed by atoms with Crippen molar-refractivity contribution in [1.82, 2.24) is 0 Å². The zero-order valence-corrected chi connectivity index (χ0v) is 14.2. The Morgan fingerprint density at radius 3 is 2.48 bits per heavy atom. The third kappa shape index (κ3) is 3.51. The van der Waals surface area contributed by atoms with Crippen LogP contribution in [-0.2, 0) is 0 Å². The van der Waals surface area contributed by atoms with Crippen molar-refractivity contribution < 1.29 is 14.7 Å². The highest BCUT2D eigenvalue weighted by Gasteiger charge is 2.14. The van der Waals surface area contributed by atoms with Gasteiger partial charge in [-0.2, -0.15) is 0 Å². The zero-order valence-electron chi connectivity index (χ0n) is 11.0. The number of rotatable bonds is 3. The molecule has 2 aromatic carbocycles. The molecule has 6 heteroatoms. The van der Waals surface area contributed by atoms with E-state index >= 15 is 0 Å². The lowest BCUT2D eigenvalue weighted by Crippen LogP contribution is -2.13. The lowest BCUT2D eigenvalue weighted by Gasteiger charge is -2.10. The zero-order chi connectivity index (χ0) is 15.6. The molecule has 0 aliphatic heterocycles. The fourth-order valence-electron chi connectivity index (χ4n) is 1.76. The minimum atomic E-state index is -1.02. The number of halogens is 2. The first-order valence-electron chi connectivity index (χ1n) is 5.99. The monoisotopic (exact) mass is 411 g/mol. The Bertz CT molecular complexity index is 729. The number of nitrogens with one attached hydrogen (secondary N) is 1. The molecule has 2 rings (SSSR count). The van der Waals surface area contributed by atoms with Gasteiger partial charge in [-0.1, -0.05) is 12.1 Å². The normalized spacial score (nSPS) is 10.2. The second-order valence-corrected chi connectivity index (χ2v) is 6.04. The van der Waals surface area contributed by atoms with Crippen LogP contribution in [0.25, 0.3) is 0 Å². The summed E-state index contributed by atoms with van der Waals surface area (Å²) in [5.74, 6) is -1.29. The van der Waals surface area contributed by atoms with Gasteiger partial charge in [0.1, 0.15) is 0 Å². The highest BCUT2D eigenvalue weighted by Crippen LogP contribution is 2.26. The summed E-state index contributed by atoms with van der Waals surface area (Å²) in [5.41, 5.74) is 2.14. The van der Waals surface area contributed by atoms with Crippen LogP contribution in [0.5, 0.6) is 0 Å². The van der Waals surface area contributed by atoms with Gasteiger partial charge in [-0.3, -0.25) is 4.79 Å². The first-order valence-corrected chi connectivity index (χ1v) is 7.58. The summed E-state index contributed by atoms with van der Waals surface area (Å²) < 4.78 is 1.25. The van der Waals surface area contributed by atoms with Crippen molar-refractivity contribution >= 4 is 49.4 Å². The van der Waals surface area contributed by atoms with Crippen molar-refractivity contribution in [3.05, 3.63) is 62.0 Å². The van der Waals surface area contributed by atoms with Crippen LogP contribution in [-0.4, -0.2) is 17.0 Å². The molecule has 2 N–H and O–H groups in total. The van der Waals surface area contributed by atoms with Crippen LogP contribution >= 0.6 is 31.9 Å². The van der Waals surface area contributed by atoms with Gasteiger partial charge in [0.15, 0.2) is 0 Å². The third-order valence-electron chi connectivity index (χ3n) is 2.90. The molecule has 0 heterocycles. The van der Waals surface area contributed by atoms with Crippen molar-refractivity contribution in [3.8, 4) is 0 Å². The SMILES string of the molecule is Cc1cccc(C(=O)Nc2ccc(C(=O)O)cc2Br)c1Br. The topological polar surface area (TPSA) is 66.4 Å². The average Bonchev–Trinajstić information content (AvgIpc) is 2.43. The summed E-state index contributed by atoms with van der Waals surface area (Å²) in [6, 6.07) is 9.86. The second kappa shape index (κ2) is 6.41. The molecule has 0 aliphatic rings. The predicted octanol–water partition coefficient (Wildman–Crippen LogP) is 4.47. The molecular weight excluding hydrogens is 402 g/mol. The van der Waals surface area contributed by atoms with Gasteiger partial charge < -0.3 is 10.4 Å². The van der Waals surface area contributed by atoms with E-state index in [1.54, 1.807) is 18.2 Å². The molecule has 0 saturated carbocycles. The van der Waals surface area contributed by atoms with Crippen LogP contribution in [0.4, 0.5) is 5.69 Å². The molecule has 0 atom stereocenters. The van der Waals surface area contributed by atoms with Gasteiger partial charge in [-0.05, 0) is 68.6 Å². The van der Waals surface area contributed by atoms with Crippen molar-refractivity contribution in [2.75, 3.05) is 5.32 Å². The van der Waals surface area contributed by atoms with Crippen LogP contribution in [0.2, 0.25) is 0 Å². The quantitative estimate of drug-likeness (QED) is 0.781. The van der Waals surface area contributed by atoms with Gasteiger partial charge in [0.25, 0.3) is 5.91 Å². The average molecular weight is 413 g/mol. The van der Waals surface area contributed by atoms with Crippen molar-refractivity contribution in [2.24, 2.45) is 0 Å². The summed E-state index contributed by atoms with van der Waals surface area (Å²) in [6.07, 6.45) is 0. The largest absolute Gasteiger partial charge is 0.478 e. The molecule has 2 aromatic rings. The van der Waals surface area contributed by atoms with E-state index in [1.807, 2.05) is 13.0 Å². The number of carbonyl (C=O) groups excluding carboxylic acids is 1. The molecule has 0 fully saturated rings. The molecule has 1 amide bonds. The van der Waals surface area contributed by atoms with E-state index in [9.17, 15) is 9.59 Å². The fourth-order valence-corrected chi connectivity index (χ4v) is 2.68. The van der Waals surface area contributed by atoms with E-state index in [-0.39, 0.29) is 11.5 Å².